The molecular formula is C48H64N10O6S2. The maximum absolute atomic E-state index is 14.6. The molecule has 2 aromatic carbocycles. The lowest BCUT2D eigenvalue weighted by Crippen LogP contribution is -2.32. The third-order valence-electron chi connectivity index (χ3n) is 11.8. The summed E-state index contributed by atoms with van der Waals surface area (Å²) in [7, 11) is -7.02. The third-order valence-corrected chi connectivity index (χ3v) is 14.5. The number of carbonyl (C=O) groups excluding carboxylic acids is 1. The largest absolute Gasteiger partial charge is 0.506 e. The molecule has 0 atom stereocenters. The number of H-pyrrole nitrogens is 1. The molecule has 0 radical (unpaired) electrons. The number of hydrogen-bond donors (Lipinski definition) is 4. The monoisotopic (exact) mass is 940 g/mol. The highest BCUT2D eigenvalue weighted by Gasteiger charge is 2.43. The minimum atomic E-state index is -3.51. The number of aromatic nitrogens is 8. The Morgan fingerprint density at radius 2 is 1.08 bits per heavy atom. The number of fused-ring (bicyclic) bond motifs is 2. The van der Waals surface area contributed by atoms with Crippen molar-refractivity contribution in [3.05, 3.63) is 76.5 Å². The van der Waals surface area contributed by atoms with E-state index in [2.05, 4.69) is 33.5 Å². The van der Waals surface area contributed by atoms with Gasteiger partial charge in [0.15, 0.2) is 22.9 Å². The van der Waals surface area contributed by atoms with Crippen molar-refractivity contribution in [1.82, 2.24) is 39.6 Å². The number of rotatable bonds is 21. The van der Waals surface area contributed by atoms with Gasteiger partial charge in [0, 0.05) is 33.3 Å². The van der Waals surface area contributed by atoms with Crippen LogP contribution in [0.5, 0.6) is 0 Å². The van der Waals surface area contributed by atoms with Crippen molar-refractivity contribution in [3.8, 4) is 22.8 Å². The second-order valence-corrected chi connectivity index (χ2v) is 23.1. The van der Waals surface area contributed by atoms with Crippen LogP contribution in [-0.4, -0.2) is 78.9 Å². The summed E-state index contributed by atoms with van der Waals surface area (Å²) < 4.78 is 59.3. The fourth-order valence-electron chi connectivity index (χ4n) is 8.23. The van der Waals surface area contributed by atoms with Crippen molar-refractivity contribution in [3.63, 3.8) is 0 Å². The van der Waals surface area contributed by atoms with Crippen LogP contribution in [0.15, 0.2) is 54.3 Å². The first-order valence-electron chi connectivity index (χ1n) is 23.2. The average molecular weight is 941 g/mol. The van der Waals surface area contributed by atoms with Crippen LogP contribution in [0.1, 0.15) is 149 Å². The van der Waals surface area contributed by atoms with Crippen molar-refractivity contribution in [1.29, 1.82) is 0 Å². The van der Waals surface area contributed by atoms with E-state index >= 15 is 0 Å². The molecule has 66 heavy (non-hydrogen) atoms. The molecule has 0 aliphatic heterocycles. The Labute approximate surface area is 387 Å². The lowest BCUT2D eigenvalue weighted by molar-refractivity contribution is -0.109. The number of nitrogens with zero attached hydrogens (tertiary/aromatic N) is 7. The number of aromatic amines is 1. The van der Waals surface area contributed by atoms with Gasteiger partial charge in [-0.15, -0.1) is 14.8 Å². The molecular weight excluding hydrogens is 877 g/mol. The Morgan fingerprint density at radius 3 is 1.55 bits per heavy atom. The normalized spacial score (nSPS) is 14.8. The Bertz CT molecular complexity index is 3030. The van der Waals surface area contributed by atoms with Gasteiger partial charge in [-0.2, -0.15) is 9.73 Å². The third kappa shape index (κ3) is 10.6. The molecule has 0 amide bonds. The summed E-state index contributed by atoms with van der Waals surface area (Å²) in [6, 6.07) is 13.6. The molecule has 0 bridgehead atoms. The second kappa shape index (κ2) is 19.3. The fraction of sp³-hybridized carbons (Fsp3) is 0.500. The number of aliphatic hydroxyl groups excluding tert-OH is 1. The molecule has 0 fully saturated rings. The van der Waals surface area contributed by atoms with Crippen LogP contribution in [0.25, 0.3) is 45.2 Å². The lowest BCUT2D eigenvalue weighted by atomic mass is 9.77. The van der Waals surface area contributed by atoms with Crippen molar-refractivity contribution in [2.24, 2.45) is 0 Å². The molecule has 1 aliphatic rings. The van der Waals surface area contributed by atoms with Crippen LogP contribution in [-0.2, 0) is 35.7 Å². The van der Waals surface area contributed by atoms with E-state index in [1.807, 2.05) is 41.5 Å². The Balaban J connectivity index is 1.17. The highest BCUT2D eigenvalue weighted by Crippen LogP contribution is 2.43. The van der Waals surface area contributed by atoms with Crippen LogP contribution in [0.3, 0.4) is 0 Å². The van der Waals surface area contributed by atoms with Gasteiger partial charge in [-0.25, -0.2) is 26.8 Å². The minimum Gasteiger partial charge on any atom is -0.506 e. The molecule has 1 aliphatic carbocycles. The van der Waals surface area contributed by atoms with Crippen LogP contribution < -0.4 is 14.7 Å². The van der Waals surface area contributed by atoms with Crippen molar-refractivity contribution >= 4 is 59.6 Å². The Kier molecular flexibility index (Phi) is 14.1. The number of benzene rings is 2. The first-order chi connectivity index (χ1) is 31.2. The van der Waals surface area contributed by atoms with Crippen molar-refractivity contribution < 1.29 is 26.7 Å². The van der Waals surface area contributed by atoms with Gasteiger partial charge in [-0.05, 0) is 61.4 Å². The molecule has 4 aromatic heterocycles. The van der Waals surface area contributed by atoms with Crippen molar-refractivity contribution in [2.45, 2.75) is 143 Å². The SMILES string of the molecule is CCCCCCCCS(=O)(=O)Nc1ccc(-c2nc3/c(=C4\C(=O)C(c5c(C(C)(C)C)[nH]n6nc(-c7ccc(NS(=O)(=O)CCCCCCCC)cc7)nc56)=C4O)c(C(C)(C)C)nn3n2)cc1. The number of aliphatic hydroxyl groups is 1. The van der Waals surface area contributed by atoms with E-state index in [0.717, 1.165) is 64.2 Å². The maximum atomic E-state index is 14.6. The summed E-state index contributed by atoms with van der Waals surface area (Å²) >= 11 is 0. The number of ketones is 1. The smallest absolute Gasteiger partial charge is 0.232 e. The van der Waals surface area contributed by atoms with E-state index in [0.29, 0.717) is 80.5 Å². The molecule has 7 rings (SSSR count). The van der Waals surface area contributed by atoms with Gasteiger partial charge >= 0.3 is 0 Å². The van der Waals surface area contributed by atoms with Crippen LogP contribution in [0.4, 0.5) is 11.4 Å². The van der Waals surface area contributed by atoms with Crippen LogP contribution in [0.2, 0.25) is 0 Å². The number of unbranched alkanes of at least 4 members (excludes halogenated alkanes) is 10. The number of anilines is 2. The zero-order valence-electron chi connectivity index (χ0n) is 39.5. The van der Waals surface area contributed by atoms with Gasteiger partial charge in [0.2, 0.25) is 25.8 Å². The predicted molar refractivity (Wildman–Crippen MR) is 261 cm³/mol. The molecule has 0 spiro atoms. The van der Waals surface area contributed by atoms with E-state index < -0.39 is 36.7 Å². The number of sulfonamides is 2. The number of Topliss-reactive ketones (excluding diaryl/α,β-unsaturated/α-hetero) is 1. The molecule has 16 nitrogen and oxygen atoms in total. The number of carbonyl (C=O) groups is 1. The first-order valence-corrected chi connectivity index (χ1v) is 26.5. The van der Waals surface area contributed by atoms with Crippen molar-refractivity contribution in [2.75, 3.05) is 20.9 Å². The van der Waals surface area contributed by atoms with Gasteiger partial charge in [0.1, 0.15) is 5.76 Å². The zero-order chi connectivity index (χ0) is 47.6. The Hall–Kier alpha value is -5.62. The van der Waals surface area contributed by atoms with Gasteiger partial charge in [-0.1, -0.05) is 120 Å². The van der Waals surface area contributed by atoms with Crippen LogP contribution in [0, 0.1) is 0 Å². The average Bonchev–Trinajstić information content (AvgIpc) is 4.02. The predicted octanol–water partition coefficient (Wildman–Crippen LogP) is 9.05. The maximum Gasteiger partial charge on any atom is 0.232 e. The minimum absolute atomic E-state index is 0.0548. The summed E-state index contributed by atoms with van der Waals surface area (Å²) in [4.78, 5) is 24.3. The van der Waals surface area contributed by atoms with E-state index in [4.69, 9.17) is 20.2 Å². The van der Waals surface area contributed by atoms with Gasteiger partial charge in [0.25, 0.3) is 0 Å². The summed E-state index contributed by atoms with van der Waals surface area (Å²) in [6.45, 7) is 16.1. The fourth-order valence-corrected chi connectivity index (χ4v) is 10.6. The number of nitrogens with one attached hydrogen (secondary N) is 3. The highest BCUT2D eigenvalue weighted by molar-refractivity contribution is 7.92. The summed E-state index contributed by atoms with van der Waals surface area (Å²) in [5, 5.41) is 29.8. The zero-order valence-corrected chi connectivity index (χ0v) is 41.1. The number of allylic oxidation sites excluding steroid dienone is 2. The first kappa shape index (κ1) is 48.3. The van der Waals surface area contributed by atoms with E-state index in [9.17, 15) is 26.7 Å². The van der Waals surface area contributed by atoms with E-state index in [1.54, 1.807) is 48.5 Å². The Morgan fingerprint density at radius 1 is 0.606 bits per heavy atom. The van der Waals surface area contributed by atoms with E-state index in [1.165, 1.54) is 9.26 Å². The molecule has 0 saturated heterocycles. The standard InChI is InChI=1S/C48H64N10O6S2/c1-9-11-13-15-17-19-29-65(61,62)55-33-25-21-31(22-26-33)43-49-45-37(41(47(3,4)5)51-57(45)53-43)35-39(59)36(40(35)60)38-42(48(6,7)8)52-58-46(38)50-44(54-58)32-23-27-34(28-24-32)56-66(63,64)30-20-18-16-14-12-10-2/h21-28,51,55-56,59H,9-20,29-30H2,1-8H3/b38-36-. The highest BCUT2D eigenvalue weighted by atomic mass is 32.2. The topological polar surface area (TPSA) is 219 Å². The summed E-state index contributed by atoms with van der Waals surface area (Å²) in [6.07, 6.45) is 11.8. The molecule has 18 heteroatoms. The molecule has 354 valence electrons. The molecule has 0 saturated carbocycles. The van der Waals surface area contributed by atoms with Gasteiger partial charge in [-0.3, -0.25) is 19.3 Å². The quantitative estimate of drug-likeness (QED) is 0.0499. The van der Waals surface area contributed by atoms with Gasteiger partial charge in [0.05, 0.1) is 44.8 Å². The lowest BCUT2D eigenvalue weighted by Gasteiger charge is -2.25. The molecule has 4 heterocycles. The molecule has 6 aromatic rings. The second-order valence-electron chi connectivity index (χ2n) is 19.5. The molecule has 0 unspecified atom stereocenters. The summed E-state index contributed by atoms with van der Waals surface area (Å²) in [5.74, 6) is 0.127. The van der Waals surface area contributed by atoms with Gasteiger partial charge < -0.3 is 5.11 Å². The number of hydrogen-bond acceptors (Lipinski definition) is 11. The summed E-state index contributed by atoms with van der Waals surface area (Å²) in [5.41, 5.74) is 3.40. The molecule has 4 N–H and O–H groups in total. The van der Waals surface area contributed by atoms with Crippen LogP contribution >= 0.6 is 0 Å². The van der Waals surface area contributed by atoms with E-state index in [-0.39, 0.29) is 28.4 Å².